The molecule has 0 unspecified atom stereocenters. The molecule has 0 aliphatic carbocycles. The van der Waals surface area contributed by atoms with Crippen molar-refractivity contribution in [3.63, 3.8) is 0 Å². The van der Waals surface area contributed by atoms with Gasteiger partial charge < -0.3 is 9.84 Å². The van der Waals surface area contributed by atoms with Gasteiger partial charge in [0.25, 0.3) is 0 Å². The molecule has 3 aromatic rings. The van der Waals surface area contributed by atoms with Crippen molar-refractivity contribution in [1.82, 2.24) is 19.7 Å². The number of carboxylic acids is 1. The van der Waals surface area contributed by atoms with E-state index in [1.807, 2.05) is 30.3 Å². The zero-order chi connectivity index (χ0) is 14.7. The predicted molar refractivity (Wildman–Crippen MR) is 72.6 cm³/mol. The summed E-state index contributed by atoms with van der Waals surface area (Å²) in [5, 5.41) is 13.2. The van der Waals surface area contributed by atoms with Gasteiger partial charge in [-0.25, -0.2) is 19.4 Å². The number of nitrogens with zero attached hydrogens (tertiary/aromatic N) is 4. The fraction of sp³-hybridized carbons (Fsp3) is 0. The van der Waals surface area contributed by atoms with Crippen LogP contribution in [0.1, 0.15) is 10.5 Å². The highest BCUT2D eigenvalue weighted by atomic mass is 16.5. The second-order valence-electron chi connectivity index (χ2n) is 4.08. The molecular formula is C14H10N4O3. The fourth-order valence-corrected chi connectivity index (χ4v) is 1.75. The minimum atomic E-state index is -1.17. The third-order valence-electron chi connectivity index (χ3n) is 2.67. The van der Waals surface area contributed by atoms with E-state index in [0.717, 1.165) is 5.69 Å². The standard InChI is InChI=1S/C14H10N4O3/c19-14(20)13-11(21-12-6-7-15-9-16-12)8-18(17-13)10-4-2-1-3-5-10/h1-9H,(H,19,20). The van der Waals surface area contributed by atoms with Gasteiger partial charge in [0.15, 0.2) is 5.75 Å². The zero-order valence-corrected chi connectivity index (χ0v) is 10.7. The lowest BCUT2D eigenvalue weighted by Gasteiger charge is -2.01. The molecule has 1 aromatic carbocycles. The van der Waals surface area contributed by atoms with Gasteiger partial charge in [0.1, 0.15) is 6.33 Å². The molecule has 21 heavy (non-hydrogen) atoms. The molecule has 2 aromatic heterocycles. The van der Waals surface area contributed by atoms with E-state index in [0.29, 0.717) is 0 Å². The summed E-state index contributed by atoms with van der Waals surface area (Å²) in [5.41, 5.74) is 0.551. The second kappa shape index (κ2) is 5.41. The van der Waals surface area contributed by atoms with Crippen LogP contribution < -0.4 is 4.74 Å². The van der Waals surface area contributed by atoms with Crippen molar-refractivity contribution in [2.24, 2.45) is 0 Å². The van der Waals surface area contributed by atoms with Crippen molar-refractivity contribution in [2.75, 3.05) is 0 Å². The number of carboxylic acid groups (broad SMARTS) is 1. The maximum Gasteiger partial charge on any atom is 0.360 e. The molecule has 0 bridgehead atoms. The summed E-state index contributed by atoms with van der Waals surface area (Å²) in [7, 11) is 0. The maximum atomic E-state index is 11.3. The maximum absolute atomic E-state index is 11.3. The van der Waals surface area contributed by atoms with Crippen LogP contribution in [0.25, 0.3) is 5.69 Å². The summed E-state index contributed by atoms with van der Waals surface area (Å²) in [5.74, 6) is -0.807. The van der Waals surface area contributed by atoms with Crippen LogP contribution in [-0.2, 0) is 0 Å². The van der Waals surface area contributed by atoms with Crippen LogP contribution in [0.4, 0.5) is 0 Å². The Labute approximate surface area is 119 Å². The molecule has 0 atom stereocenters. The van der Waals surface area contributed by atoms with Crippen LogP contribution >= 0.6 is 0 Å². The van der Waals surface area contributed by atoms with Crippen LogP contribution in [0, 0.1) is 0 Å². The summed E-state index contributed by atoms with van der Waals surface area (Å²) in [6.07, 6.45) is 4.32. The normalized spacial score (nSPS) is 10.3. The first-order valence-electron chi connectivity index (χ1n) is 6.06. The van der Waals surface area contributed by atoms with E-state index >= 15 is 0 Å². The van der Waals surface area contributed by atoms with Crippen molar-refractivity contribution >= 4 is 5.97 Å². The lowest BCUT2D eigenvalue weighted by molar-refractivity contribution is 0.0687. The van der Waals surface area contributed by atoms with Crippen molar-refractivity contribution < 1.29 is 14.6 Å². The van der Waals surface area contributed by atoms with Crippen LogP contribution in [0.15, 0.2) is 55.1 Å². The van der Waals surface area contributed by atoms with Gasteiger partial charge in [-0.3, -0.25) is 0 Å². The van der Waals surface area contributed by atoms with E-state index in [9.17, 15) is 9.90 Å². The molecular weight excluding hydrogens is 272 g/mol. The Hall–Kier alpha value is -3.22. The second-order valence-corrected chi connectivity index (χ2v) is 4.08. The van der Waals surface area contributed by atoms with E-state index in [-0.39, 0.29) is 17.3 Å². The van der Waals surface area contributed by atoms with Crippen molar-refractivity contribution in [2.45, 2.75) is 0 Å². The highest BCUT2D eigenvalue weighted by Gasteiger charge is 2.19. The average Bonchev–Trinajstić information content (AvgIpc) is 2.93. The smallest absolute Gasteiger partial charge is 0.360 e. The number of carbonyl (C=O) groups is 1. The van der Waals surface area contributed by atoms with Crippen LogP contribution in [-0.4, -0.2) is 30.8 Å². The monoisotopic (exact) mass is 282 g/mol. The fourth-order valence-electron chi connectivity index (χ4n) is 1.75. The van der Waals surface area contributed by atoms with Gasteiger partial charge in [0, 0.05) is 12.3 Å². The number of rotatable bonds is 4. The topological polar surface area (TPSA) is 90.1 Å². The number of hydrogen-bond donors (Lipinski definition) is 1. The van der Waals surface area contributed by atoms with Crippen molar-refractivity contribution in [1.29, 1.82) is 0 Å². The highest BCUT2D eigenvalue weighted by molar-refractivity contribution is 5.88. The first kappa shape index (κ1) is 12.8. The number of benzene rings is 1. The largest absolute Gasteiger partial charge is 0.476 e. The molecule has 0 spiro atoms. The molecule has 0 radical (unpaired) electrons. The predicted octanol–water partition coefficient (Wildman–Crippen LogP) is 2.15. The van der Waals surface area contributed by atoms with Gasteiger partial charge in [0.05, 0.1) is 11.9 Å². The quantitative estimate of drug-likeness (QED) is 0.788. The summed E-state index contributed by atoms with van der Waals surface area (Å²) in [4.78, 5) is 18.9. The molecule has 104 valence electrons. The molecule has 0 fully saturated rings. The van der Waals surface area contributed by atoms with E-state index in [4.69, 9.17) is 4.74 Å². The SMILES string of the molecule is O=C(O)c1nn(-c2ccccc2)cc1Oc1ccncn1. The minimum Gasteiger partial charge on any atom is -0.476 e. The lowest BCUT2D eigenvalue weighted by Crippen LogP contribution is -2.02. The number of aromatic carboxylic acids is 1. The van der Waals surface area contributed by atoms with Gasteiger partial charge >= 0.3 is 5.97 Å². The first-order valence-corrected chi connectivity index (χ1v) is 6.06. The highest BCUT2D eigenvalue weighted by Crippen LogP contribution is 2.24. The number of para-hydroxylation sites is 1. The third-order valence-corrected chi connectivity index (χ3v) is 2.67. The van der Waals surface area contributed by atoms with E-state index in [1.165, 1.54) is 29.5 Å². The summed E-state index contributed by atoms with van der Waals surface area (Å²) in [6.45, 7) is 0. The van der Waals surface area contributed by atoms with Crippen LogP contribution in [0.5, 0.6) is 11.6 Å². The van der Waals surface area contributed by atoms with Crippen molar-refractivity contribution in [3.05, 3.63) is 60.8 Å². The number of ether oxygens (including phenoxy) is 1. The minimum absolute atomic E-state index is 0.116. The molecule has 1 N–H and O–H groups in total. The van der Waals surface area contributed by atoms with Crippen LogP contribution in [0.2, 0.25) is 0 Å². The van der Waals surface area contributed by atoms with Gasteiger partial charge in [-0.15, -0.1) is 0 Å². The third kappa shape index (κ3) is 2.71. The molecule has 7 heteroatoms. The van der Waals surface area contributed by atoms with Crippen molar-refractivity contribution in [3.8, 4) is 17.3 Å². The molecule has 0 saturated carbocycles. The van der Waals surface area contributed by atoms with Gasteiger partial charge in [-0.2, -0.15) is 5.10 Å². The molecule has 7 nitrogen and oxygen atoms in total. The van der Waals surface area contributed by atoms with Gasteiger partial charge in [-0.05, 0) is 12.1 Å². The van der Waals surface area contributed by atoms with Gasteiger partial charge in [-0.1, -0.05) is 18.2 Å². The molecule has 0 amide bonds. The molecule has 3 rings (SSSR count). The zero-order valence-electron chi connectivity index (χ0n) is 10.7. The summed E-state index contributed by atoms with van der Waals surface area (Å²) >= 11 is 0. The Morgan fingerprint density at radius 1 is 1.19 bits per heavy atom. The summed E-state index contributed by atoms with van der Waals surface area (Å²) in [6, 6.07) is 10.7. The first-order chi connectivity index (χ1) is 10.2. The number of aromatic nitrogens is 4. The Balaban J connectivity index is 2.00. The Morgan fingerprint density at radius 3 is 2.67 bits per heavy atom. The lowest BCUT2D eigenvalue weighted by atomic mass is 10.3. The molecule has 0 aliphatic rings. The van der Waals surface area contributed by atoms with Crippen LogP contribution in [0.3, 0.4) is 0 Å². The van der Waals surface area contributed by atoms with E-state index < -0.39 is 5.97 Å². The average molecular weight is 282 g/mol. The van der Waals surface area contributed by atoms with E-state index in [2.05, 4.69) is 15.1 Å². The molecule has 2 heterocycles. The van der Waals surface area contributed by atoms with Gasteiger partial charge in [0.2, 0.25) is 11.6 Å². The Kier molecular flexibility index (Phi) is 3.30. The summed E-state index contributed by atoms with van der Waals surface area (Å²) < 4.78 is 6.90. The van der Waals surface area contributed by atoms with E-state index in [1.54, 1.807) is 0 Å². The number of hydrogen-bond acceptors (Lipinski definition) is 5. The Bertz CT molecular complexity index is 756. The molecule has 0 saturated heterocycles. The Morgan fingerprint density at radius 2 is 2.00 bits per heavy atom. The molecule has 0 aliphatic heterocycles.